The number of nitrogen functional groups attached to an aromatic ring is 1. The molecule has 1 aliphatic rings. The fourth-order valence-corrected chi connectivity index (χ4v) is 2.46. The topological polar surface area (TPSA) is 50.1 Å². The van der Waals surface area contributed by atoms with Gasteiger partial charge in [0.15, 0.2) is 0 Å². The van der Waals surface area contributed by atoms with Crippen LogP contribution in [0.2, 0.25) is 0 Å². The second-order valence-corrected chi connectivity index (χ2v) is 5.73. The minimum Gasteiger partial charge on any atom is -0.399 e. The van der Waals surface area contributed by atoms with Crippen LogP contribution in [0.5, 0.6) is 0 Å². The van der Waals surface area contributed by atoms with Gasteiger partial charge in [-0.2, -0.15) is 0 Å². The quantitative estimate of drug-likeness (QED) is 0.429. The van der Waals surface area contributed by atoms with E-state index in [-0.39, 0.29) is 0 Å². The molecule has 22 heavy (non-hydrogen) atoms. The molecule has 1 aliphatic carbocycles. The second kappa shape index (κ2) is 6.67. The molecule has 0 spiro atoms. The standard InChI is InChI=1S/C19H23N3/c1-2-13-21-22-19(17-7-8-17)16-5-3-14(4-6-16)15-9-11-18(20)12-10-15/h3-6,9-12,21-22H,2,7-8,13,20H2,1H3. The highest BCUT2D eigenvalue weighted by atomic mass is 15.4. The molecule has 2 aromatic carbocycles. The number of benzene rings is 2. The van der Waals surface area contributed by atoms with E-state index in [1.807, 2.05) is 12.1 Å². The Kier molecular flexibility index (Phi) is 4.45. The van der Waals surface area contributed by atoms with Gasteiger partial charge in [-0.05, 0) is 53.7 Å². The first-order valence-corrected chi connectivity index (χ1v) is 7.95. The highest BCUT2D eigenvalue weighted by molar-refractivity contribution is 5.73. The Hall–Kier alpha value is -2.26. The zero-order valence-corrected chi connectivity index (χ0v) is 13.0. The second-order valence-electron chi connectivity index (χ2n) is 5.73. The van der Waals surface area contributed by atoms with Gasteiger partial charge in [-0.3, -0.25) is 0 Å². The van der Waals surface area contributed by atoms with Gasteiger partial charge in [-0.15, -0.1) is 0 Å². The summed E-state index contributed by atoms with van der Waals surface area (Å²) in [6.45, 7) is 3.14. The summed E-state index contributed by atoms with van der Waals surface area (Å²) in [6, 6.07) is 16.7. The molecule has 0 amide bonds. The van der Waals surface area contributed by atoms with Crippen molar-refractivity contribution in [2.45, 2.75) is 26.2 Å². The van der Waals surface area contributed by atoms with Gasteiger partial charge in [-0.25, -0.2) is 5.43 Å². The Balaban J connectivity index is 1.78. The smallest absolute Gasteiger partial charge is 0.0552 e. The van der Waals surface area contributed by atoms with Crippen molar-refractivity contribution in [3.8, 4) is 11.1 Å². The first-order chi connectivity index (χ1) is 10.8. The van der Waals surface area contributed by atoms with E-state index >= 15 is 0 Å². The zero-order valence-electron chi connectivity index (χ0n) is 13.0. The highest BCUT2D eigenvalue weighted by Crippen LogP contribution is 2.35. The summed E-state index contributed by atoms with van der Waals surface area (Å²) < 4.78 is 0. The SMILES string of the molecule is CCCNNC(=C1CC1)c1ccc(-c2ccc(N)cc2)cc1. The van der Waals surface area contributed by atoms with Crippen molar-refractivity contribution in [2.24, 2.45) is 0 Å². The van der Waals surface area contributed by atoms with Crippen LogP contribution in [0.3, 0.4) is 0 Å². The van der Waals surface area contributed by atoms with Crippen LogP contribution in [0.15, 0.2) is 54.1 Å². The molecule has 0 saturated heterocycles. The van der Waals surface area contributed by atoms with Gasteiger partial charge < -0.3 is 11.2 Å². The van der Waals surface area contributed by atoms with E-state index in [4.69, 9.17) is 5.73 Å². The molecule has 1 saturated carbocycles. The maximum Gasteiger partial charge on any atom is 0.0552 e. The van der Waals surface area contributed by atoms with Crippen molar-refractivity contribution >= 4 is 11.4 Å². The van der Waals surface area contributed by atoms with Gasteiger partial charge in [0.05, 0.1) is 5.70 Å². The molecule has 0 aromatic heterocycles. The Labute approximate surface area is 132 Å². The summed E-state index contributed by atoms with van der Waals surface area (Å²) in [5, 5.41) is 0. The fourth-order valence-electron chi connectivity index (χ4n) is 2.46. The molecule has 0 heterocycles. The van der Waals surface area contributed by atoms with Crippen LogP contribution in [-0.2, 0) is 0 Å². The fraction of sp³-hybridized carbons (Fsp3) is 0.263. The summed E-state index contributed by atoms with van der Waals surface area (Å²) in [5.74, 6) is 0. The van der Waals surface area contributed by atoms with Gasteiger partial charge >= 0.3 is 0 Å². The summed E-state index contributed by atoms with van der Waals surface area (Å²) in [4.78, 5) is 0. The molecule has 114 valence electrons. The average Bonchev–Trinajstić information content (AvgIpc) is 3.38. The van der Waals surface area contributed by atoms with E-state index in [0.29, 0.717) is 0 Å². The molecule has 0 bridgehead atoms. The predicted molar refractivity (Wildman–Crippen MR) is 93.9 cm³/mol. The third kappa shape index (κ3) is 3.49. The number of allylic oxidation sites excluding steroid dienone is 1. The van der Waals surface area contributed by atoms with Crippen molar-refractivity contribution in [3.05, 3.63) is 59.7 Å². The number of hydrazine groups is 1. The zero-order chi connectivity index (χ0) is 15.4. The van der Waals surface area contributed by atoms with E-state index in [2.05, 4.69) is 54.2 Å². The largest absolute Gasteiger partial charge is 0.399 e. The first kappa shape index (κ1) is 14.7. The molecule has 0 aliphatic heterocycles. The van der Waals surface area contributed by atoms with E-state index in [9.17, 15) is 0 Å². The van der Waals surface area contributed by atoms with E-state index in [0.717, 1.165) is 18.7 Å². The normalized spacial score (nSPS) is 13.0. The number of rotatable bonds is 6. The van der Waals surface area contributed by atoms with Crippen LogP contribution in [0.1, 0.15) is 31.7 Å². The minimum absolute atomic E-state index is 0.798. The van der Waals surface area contributed by atoms with Crippen LogP contribution >= 0.6 is 0 Å². The molecule has 3 heteroatoms. The summed E-state index contributed by atoms with van der Waals surface area (Å²) >= 11 is 0. The average molecular weight is 293 g/mol. The lowest BCUT2D eigenvalue weighted by Gasteiger charge is -2.13. The number of nitrogens with one attached hydrogen (secondary N) is 2. The van der Waals surface area contributed by atoms with Crippen molar-refractivity contribution in [3.63, 3.8) is 0 Å². The van der Waals surface area contributed by atoms with Crippen molar-refractivity contribution in [2.75, 3.05) is 12.3 Å². The van der Waals surface area contributed by atoms with Gasteiger partial charge in [0, 0.05) is 12.2 Å². The molecule has 2 aromatic rings. The van der Waals surface area contributed by atoms with Crippen LogP contribution < -0.4 is 16.6 Å². The van der Waals surface area contributed by atoms with Gasteiger partial charge in [-0.1, -0.05) is 43.3 Å². The number of hydrogen-bond donors (Lipinski definition) is 3. The molecule has 4 N–H and O–H groups in total. The molecular weight excluding hydrogens is 270 g/mol. The van der Waals surface area contributed by atoms with Crippen molar-refractivity contribution in [1.29, 1.82) is 0 Å². The Morgan fingerprint density at radius 3 is 2.09 bits per heavy atom. The third-order valence-corrected chi connectivity index (χ3v) is 3.86. The maximum atomic E-state index is 5.75. The van der Waals surface area contributed by atoms with Gasteiger partial charge in [0.25, 0.3) is 0 Å². The van der Waals surface area contributed by atoms with E-state index in [1.165, 1.54) is 40.8 Å². The molecule has 3 nitrogen and oxygen atoms in total. The molecule has 3 rings (SSSR count). The van der Waals surface area contributed by atoms with E-state index < -0.39 is 0 Å². The van der Waals surface area contributed by atoms with Crippen LogP contribution in [0.25, 0.3) is 16.8 Å². The van der Waals surface area contributed by atoms with Gasteiger partial charge in [0.1, 0.15) is 0 Å². The van der Waals surface area contributed by atoms with Crippen molar-refractivity contribution in [1.82, 2.24) is 10.9 Å². The molecule has 1 fully saturated rings. The molecular formula is C19H23N3. The lowest BCUT2D eigenvalue weighted by Crippen LogP contribution is -2.30. The maximum absolute atomic E-state index is 5.75. The Bertz CT molecular complexity index is 648. The lowest BCUT2D eigenvalue weighted by molar-refractivity contribution is 0.627. The molecule has 0 unspecified atom stereocenters. The third-order valence-electron chi connectivity index (χ3n) is 3.86. The summed E-state index contributed by atoms with van der Waals surface area (Å²) in [7, 11) is 0. The minimum atomic E-state index is 0.798. The number of nitrogens with two attached hydrogens (primary N) is 1. The van der Waals surface area contributed by atoms with Gasteiger partial charge in [0.2, 0.25) is 0 Å². The highest BCUT2D eigenvalue weighted by Gasteiger charge is 2.18. The number of hydrogen-bond acceptors (Lipinski definition) is 3. The van der Waals surface area contributed by atoms with E-state index in [1.54, 1.807) is 0 Å². The summed E-state index contributed by atoms with van der Waals surface area (Å²) in [6.07, 6.45) is 3.53. The lowest BCUT2D eigenvalue weighted by atomic mass is 10.0. The first-order valence-electron chi connectivity index (χ1n) is 7.95. The van der Waals surface area contributed by atoms with Crippen molar-refractivity contribution < 1.29 is 0 Å². The van der Waals surface area contributed by atoms with Crippen LogP contribution in [0.4, 0.5) is 5.69 Å². The molecule has 0 radical (unpaired) electrons. The Morgan fingerprint density at radius 1 is 0.955 bits per heavy atom. The van der Waals surface area contributed by atoms with Crippen LogP contribution in [-0.4, -0.2) is 6.54 Å². The molecule has 0 atom stereocenters. The Morgan fingerprint density at radius 2 is 1.55 bits per heavy atom. The van der Waals surface area contributed by atoms with Crippen LogP contribution in [0, 0.1) is 0 Å². The number of anilines is 1. The monoisotopic (exact) mass is 293 g/mol. The predicted octanol–water partition coefficient (Wildman–Crippen LogP) is 3.94. The summed E-state index contributed by atoms with van der Waals surface area (Å²) in [5.41, 5.74) is 19.6.